The summed E-state index contributed by atoms with van der Waals surface area (Å²) >= 11 is 1.79. The Balaban J connectivity index is 1.56. The molecule has 5 rings (SSSR count). The Labute approximate surface area is 151 Å². The van der Waals surface area contributed by atoms with Gasteiger partial charge in [0.25, 0.3) is 0 Å². The lowest BCUT2D eigenvalue weighted by Crippen LogP contribution is -2.50. The van der Waals surface area contributed by atoms with Crippen LogP contribution >= 0.6 is 11.3 Å². The van der Waals surface area contributed by atoms with Crippen LogP contribution in [0.4, 0.5) is 0 Å². The van der Waals surface area contributed by atoms with E-state index in [1.807, 2.05) is 13.1 Å². The SMILES string of the molecule is CC1C(=O)OC2C1CCC1(C)Cc3sc(-c4cnc[nH]4)nc3C(C)C21. The third-order valence-electron chi connectivity index (χ3n) is 6.89. The molecular weight excluding hydrogens is 334 g/mol. The maximum atomic E-state index is 12.2. The Hall–Kier alpha value is -1.69. The van der Waals surface area contributed by atoms with Crippen LogP contribution in [0.2, 0.25) is 0 Å². The number of fused-ring (bicyclic) bond motifs is 4. The molecule has 6 atom stereocenters. The summed E-state index contributed by atoms with van der Waals surface area (Å²) in [4.78, 5) is 25.8. The van der Waals surface area contributed by atoms with E-state index >= 15 is 0 Å². The van der Waals surface area contributed by atoms with Gasteiger partial charge in [0.1, 0.15) is 11.1 Å². The van der Waals surface area contributed by atoms with Crippen LogP contribution in [0.25, 0.3) is 10.7 Å². The van der Waals surface area contributed by atoms with E-state index in [9.17, 15) is 4.79 Å². The maximum absolute atomic E-state index is 12.2. The van der Waals surface area contributed by atoms with Gasteiger partial charge in [-0.2, -0.15) is 0 Å². The van der Waals surface area contributed by atoms with Gasteiger partial charge < -0.3 is 9.72 Å². The van der Waals surface area contributed by atoms with Crippen molar-refractivity contribution in [2.24, 2.45) is 23.2 Å². The van der Waals surface area contributed by atoms with Crippen LogP contribution < -0.4 is 0 Å². The van der Waals surface area contributed by atoms with E-state index in [-0.39, 0.29) is 23.4 Å². The Morgan fingerprint density at radius 2 is 2.20 bits per heavy atom. The van der Waals surface area contributed by atoms with Crippen LogP contribution in [-0.4, -0.2) is 27.0 Å². The molecule has 0 radical (unpaired) electrons. The van der Waals surface area contributed by atoms with Crippen molar-refractivity contribution in [2.45, 2.75) is 52.1 Å². The molecule has 1 saturated carbocycles. The zero-order valence-electron chi connectivity index (χ0n) is 14.8. The average molecular weight is 357 g/mol. The smallest absolute Gasteiger partial charge is 0.309 e. The molecule has 2 aromatic heterocycles. The number of aromatic nitrogens is 3. The zero-order chi connectivity index (χ0) is 17.3. The lowest BCUT2D eigenvalue weighted by atomic mass is 9.54. The molecule has 25 heavy (non-hydrogen) atoms. The van der Waals surface area contributed by atoms with Gasteiger partial charge in [-0.3, -0.25) is 4.79 Å². The summed E-state index contributed by atoms with van der Waals surface area (Å²) in [6, 6.07) is 0. The predicted molar refractivity (Wildman–Crippen MR) is 95.2 cm³/mol. The first kappa shape index (κ1) is 15.6. The standard InChI is InChI=1S/C19H23N3O2S/c1-9-11-4-5-19(3)6-13-15(10(2)14(19)16(11)24-18(9)23)22-17(25-13)12-7-20-8-21-12/h7-11,14,16H,4-6H2,1-3H3,(H,20,21). The molecule has 0 spiro atoms. The van der Waals surface area contributed by atoms with Gasteiger partial charge in [0.15, 0.2) is 0 Å². The quantitative estimate of drug-likeness (QED) is 0.789. The van der Waals surface area contributed by atoms with Crippen LogP contribution in [-0.2, 0) is 16.0 Å². The van der Waals surface area contributed by atoms with Crippen molar-refractivity contribution in [1.82, 2.24) is 15.0 Å². The summed E-state index contributed by atoms with van der Waals surface area (Å²) in [6.07, 6.45) is 6.89. The Kier molecular flexibility index (Phi) is 3.21. The molecule has 3 heterocycles. The number of aromatic amines is 1. The summed E-state index contributed by atoms with van der Waals surface area (Å²) in [5.41, 5.74) is 2.38. The third kappa shape index (κ3) is 2.09. The third-order valence-corrected chi connectivity index (χ3v) is 7.99. The normalized spacial score (nSPS) is 39.5. The first-order chi connectivity index (χ1) is 12.0. The number of hydrogen-bond acceptors (Lipinski definition) is 5. The van der Waals surface area contributed by atoms with Gasteiger partial charge in [-0.15, -0.1) is 11.3 Å². The summed E-state index contributed by atoms with van der Waals surface area (Å²) in [5, 5.41) is 1.02. The van der Waals surface area contributed by atoms with Crippen LogP contribution in [0.5, 0.6) is 0 Å². The number of imidazole rings is 1. The largest absolute Gasteiger partial charge is 0.461 e. The van der Waals surface area contributed by atoms with Crippen LogP contribution in [0.3, 0.4) is 0 Å². The molecule has 132 valence electrons. The summed E-state index contributed by atoms with van der Waals surface area (Å²) in [7, 11) is 0. The van der Waals surface area contributed by atoms with E-state index in [0.717, 1.165) is 23.5 Å². The molecule has 0 bridgehead atoms. The molecule has 2 fully saturated rings. The van der Waals surface area contributed by atoms with E-state index < -0.39 is 0 Å². The monoisotopic (exact) mass is 357 g/mol. The fraction of sp³-hybridized carbons (Fsp3) is 0.632. The lowest BCUT2D eigenvalue weighted by Gasteiger charge is -2.51. The van der Waals surface area contributed by atoms with Crippen molar-refractivity contribution in [3.63, 3.8) is 0 Å². The number of nitrogens with one attached hydrogen (secondary N) is 1. The van der Waals surface area contributed by atoms with Gasteiger partial charge in [0.05, 0.1) is 29.8 Å². The maximum Gasteiger partial charge on any atom is 0.309 e. The van der Waals surface area contributed by atoms with Crippen molar-refractivity contribution in [2.75, 3.05) is 0 Å². The number of carbonyl (C=O) groups excluding carboxylic acids is 1. The topological polar surface area (TPSA) is 67.9 Å². The molecule has 2 aliphatic carbocycles. The van der Waals surface area contributed by atoms with Crippen molar-refractivity contribution in [3.8, 4) is 10.7 Å². The van der Waals surface area contributed by atoms with E-state index in [2.05, 4.69) is 23.8 Å². The molecule has 1 saturated heterocycles. The van der Waals surface area contributed by atoms with Gasteiger partial charge in [-0.1, -0.05) is 20.8 Å². The second-order valence-corrected chi connectivity index (χ2v) is 9.41. The van der Waals surface area contributed by atoms with Crippen LogP contribution in [0.1, 0.15) is 50.1 Å². The van der Waals surface area contributed by atoms with Crippen molar-refractivity contribution >= 4 is 17.3 Å². The first-order valence-electron chi connectivity index (χ1n) is 9.17. The molecule has 1 N–H and O–H groups in total. The van der Waals surface area contributed by atoms with E-state index in [0.29, 0.717) is 17.8 Å². The highest BCUT2D eigenvalue weighted by atomic mass is 32.1. The van der Waals surface area contributed by atoms with Crippen LogP contribution in [0.15, 0.2) is 12.5 Å². The molecule has 0 amide bonds. The first-order valence-corrected chi connectivity index (χ1v) is 9.98. The minimum atomic E-state index is -0.00586. The van der Waals surface area contributed by atoms with Gasteiger partial charge in [-0.25, -0.2) is 9.97 Å². The zero-order valence-corrected chi connectivity index (χ0v) is 15.6. The highest BCUT2D eigenvalue weighted by molar-refractivity contribution is 7.15. The minimum Gasteiger partial charge on any atom is -0.461 e. The van der Waals surface area contributed by atoms with Gasteiger partial charge in [0, 0.05) is 22.6 Å². The Morgan fingerprint density at radius 1 is 1.36 bits per heavy atom. The predicted octanol–water partition coefficient (Wildman–Crippen LogP) is 3.79. The van der Waals surface area contributed by atoms with E-state index in [4.69, 9.17) is 9.72 Å². The van der Waals surface area contributed by atoms with Crippen LogP contribution in [0, 0.1) is 23.2 Å². The molecule has 3 aliphatic rings. The number of nitrogens with zero attached hydrogens (tertiary/aromatic N) is 2. The molecule has 6 heteroatoms. The highest BCUT2D eigenvalue weighted by Gasteiger charge is 2.58. The summed E-state index contributed by atoms with van der Waals surface area (Å²) in [5.74, 6) is 1.09. The number of carbonyl (C=O) groups is 1. The van der Waals surface area contributed by atoms with Crippen molar-refractivity contribution < 1.29 is 9.53 Å². The average Bonchev–Trinajstić information content (AvgIpc) is 3.27. The summed E-state index contributed by atoms with van der Waals surface area (Å²) < 4.78 is 5.90. The molecule has 0 aromatic carbocycles. The Bertz CT molecular complexity index is 830. The Morgan fingerprint density at radius 3 is 2.96 bits per heavy atom. The fourth-order valence-corrected chi connectivity index (χ4v) is 6.90. The number of hydrogen-bond donors (Lipinski definition) is 1. The fourth-order valence-electron chi connectivity index (χ4n) is 5.57. The number of H-pyrrole nitrogens is 1. The van der Waals surface area contributed by atoms with E-state index in [1.54, 1.807) is 17.7 Å². The van der Waals surface area contributed by atoms with Gasteiger partial charge >= 0.3 is 5.97 Å². The van der Waals surface area contributed by atoms with Gasteiger partial charge in [-0.05, 0) is 24.7 Å². The molecule has 1 aliphatic heterocycles. The number of thiazole rings is 1. The molecule has 5 nitrogen and oxygen atoms in total. The van der Waals surface area contributed by atoms with Crippen molar-refractivity contribution in [1.29, 1.82) is 0 Å². The number of esters is 1. The molecule has 6 unspecified atom stereocenters. The number of rotatable bonds is 1. The van der Waals surface area contributed by atoms with Gasteiger partial charge in [0.2, 0.25) is 0 Å². The number of ether oxygens (including phenoxy) is 1. The highest BCUT2D eigenvalue weighted by Crippen LogP contribution is 2.59. The lowest BCUT2D eigenvalue weighted by molar-refractivity contribution is -0.149. The van der Waals surface area contributed by atoms with E-state index in [1.165, 1.54) is 17.0 Å². The minimum absolute atomic E-state index is 0.00586. The summed E-state index contributed by atoms with van der Waals surface area (Å²) in [6.45, 7) is 6.70. The molecular formula is C19H23N3O2S. The second-order valence-electron chi connectivity index (χ2n) is 8.33. The molecule has 2 aromatic rings. The second kappa shape index (κ2) is 5.16. The van der Waals surface area contributed by atoms with Crippen molar-refractivity contribution in [3.05, 3.63) is 23.1 Å².